The number of methoxy groups -OCH3 is 1. The smallest absolute Gasteiger partial charge is 0.337 e. The van der Waals surface area contributed by atoms with E-state index in [0.717, 1.165) is 57.6 Å². The van der Waals surface area contributed by atoms with E-state index in [-0.39, 0.29) is 6.03 Å². The number of urea groups is 1. The minimum absolute atomic E-state index is 0.191. The molecule has 1 aliphatic heterocycles. The van der Waals surface area contributed by atoms with Gasteiger partial charge in [0, 0.05) is 51.5 Å². The first-order chi connectivity index (χ1) is 16.5. The molecular weight excluding hydrogens is 428 g/mol. The highest BCUT2D eigenvalue weighted by atomic mass is 16.5. The third-order valence-electron chi connectivity index (χ3n) is 5.88. The average molecular weight is 465 g/mol. The van der Waals surface area contributed by atoms with Crippen molar-refractivity contribution in [3.63, 3.8) is 0 Å². The topological polar surface area (TPSA) is 73.9 Å². The second kappa shape index (κ2) is 13.5. The molecule has 3 rings (SSSR count). The average Bonchev–Trinajstić information content (AvgIpc) is 2.86. The van der Waals surface area contributed by atoms with Crippen LogP contribution in [0.5, 0.6) is 0 Å². The molecule has 1 aliphatic rings. The van der Waals surface area contributed by atoms with Crippen molar-refractivity contribution in [2.75, 3.05) is 58.2 Å². The monoisotopic (exact) mass is 464 g/mol. The van der Waals surface area contributed by atoms with Gasteiger partial charge in [-0.1, -0.05) is 43.0 Å². The molecule has 0 radical (unpaired) electrons. The fourth-order valence-corrected chi connectivity index (χ4v) is 4.08. The normalized spacial score (nSPS) is 13.8. The van der Waals surface area contributed by atoms with E-state index in [0.29, 0.717) is 24.3 Å². The van der Waals surface area contributed by atoms with Gasteiger partial charge in [-0.3, -0.25) is 4.90 Å². The second-order valence-corrected chi connectivity index (χ2v) is 8.64. The molecule has 1 saturated heterocycles. The lowest BCUT2D eigenvalue weighted by molar-refractivity contribution is 0.0600. The van der Waals surface area contributed by atoms with Gasteiger partial charge in [0.2, 0.25) is 0 Å². The van der Waals surface area contributed by atoms with Crippen molar-refractivity contribution >= 4 is 17.7 Å². The lowest BCUT2D eigenvalue weighted by atomic mass is 10.1. The Balaban J connectivity index is 1.59. The van der Waals surface area contributed by atoms with Gasteiger partial charge in [-0.05, 0) is 48.6 Å². The zero-order valence-corrected chi connectivity index (χ0v) is 20.1. The summed E-state index contributed by atoms with van der Waals surface area (Å²) >= 11 is 0. The maximum Gasteiger partial charge on any atom is 0.337 e. The molecule has 1 fully saturated rings. The number of piperazine rings is 1. The first kappa shape index (κ1) is 25.5. The fourth-order valence-electron chi connectivity index (χ4n) is 4.08. The van der Waals surface area contributed by atoms with Crippen LogP contribution in [0.25, 0.3) is 0 Å². The predicted octanol–water partition coefficient (Wildman–Crippen LogP) is 3.79. The van der Waals surface area contributed by atoms with Crippen molar-refractivity contribution in [1.82, 2.24) is 15.1 Å². The van der Waals surface area contributed by atoms with Crippen LogP contribution in [-0.2, 0) is 11.2 Å². The van der Waals surface area contributed by atoms with Crippen molar-refractivity contribution in [2.24, 2.45) is 0 Å². The molecule has 0 bridgehead atoms. The quantitative estimate of drug-likeness (QED) is 0.301. The Labute approximate surface area is 202 Å². The van der Waals surface area contributed by atoms with Crippen LogP contribution in [-0.4, -0.2) is 74.7 Å². The Hall–Kier alpha value is -3.16. The van der Waals surface area contributed by atoms with Crippen LogP contribution in [0.1, 0.15) is 28.8 Å². The van der Waals surface area contributed by atoms with E-state index in [1.807, 2.05) is 11.0 Å². The number of nitrogens with one attached hydrogen (secondary N) is 2. The summed E-state index contributed by atoms with van der Waals surface area (Å²) in [6, 6.07) is 17.0. The SMILES string of the molecule is C=C(CN1CCNCC1)CN(CCCCc1ccccc1)C(=O)Nc1cccc(C(=O)OC)c1. The highest BCUT2D eigenvalue weighted by molar-refractivity contribution is 5.94. The molecule has 0 aromatic heterocycles. The summed E-state index contributed by atoms with van der Waals surface area (Å²) in [6.45, 7) is 10.1. The van der Waals surface area contributed by atoms with Crippen molar-refractivity contribution in [1.29, 1.82) is 0 Å². The molecule has 7 heteroatoms. The number of unbranched alkanes of at least 4 members (excludes halogenated alkanes) is 1. The number of benzene rings is 2. The first-order valence-electron chi connectivity index (χ1n) is 11.9. The van der Waals surface area contributed by atoms with Gasteiger partial charge in [0.15, 0.2) is 0 Å². The van der Waals surface area contributed by atoms with Crippen molar-refractivity contribution in [3.05, 3.63) is 77.9 Å². The molecule has 0 saturated carbocycles. The Morgan fingerprint density at radius 2 is 1.85 bits per heavy atom. The predicted molar refractivity (Wildman–Crippen MR) is 136 cm³/mol. The van der Waals surface area contributed by atoms with Gasteiger partial charge in [0.05, 0.1) is 12.7 Å². The third-order valence-corrected chi connectivity index (χ3v) is 5.88. The number of aryl methyl sites for hydroxylation is 1. The van der Waals surface area contributed by atoms with Crippen LogP contribution in [0.3, 0.4) is 0 Å². The molecule has 7 nitrogen and oxygen atoms in total. The van der Waals surface area contributed by atoms with Crippen LogP contribution in [0.2, 0.25) is 0 Å². The number of hydrogen-bond donors (Lipinski definition) is 2. The zero-order chi connectivity index (χ0) is 24.2. The third kappa shape index (κ3) is 8.32. The maximum absolute atomic E-state index is 13.2. The van der Waals surface area contributed by atoms with Crippen LogP contribution in [0.4, 0.5) is 10.5 Å². The number of rotatable bonds is 11. The van der Waals surface area contributed by atoms with E-state index in [2.05, 4.69) is 46.4 Å². The minimum Gasteiger partial charge on any atom is -0.465 e. The molecule has 182 valence electrons. The number of hydrogen-bond acceptors (Lipinski definition) is 5. The maximum atomic E-state index is 13.2. The number of ether oxygens (including phenoxy) is 1. The Bertz CT molecular complexity index is 942. The summed E-state index contributed by atoms with van der Waals surface area (Å²) in [7, 11) is 1.34. The zero-order valence-electron chi connectivity index (χ0n) is 20.1. The van der Waals surface area contributed by atoms with Gasteiger partial charge in [-0.2, -0.15) is 0 Å². The number of carbonyl (C=O) groups excluding carboxylic acids is 2. The van der Waals surface area contributed by atoms with Crippen LogP contribution < -0.4 is 10.6 Å². The lowest BCUT2D eigenvalue weighted by Crippen LogP contribution is -2.45. The Kier molecular flexibility index (Phi) is 10.1. The van der Waals surface area contributed by atoms with Crippen molar-refractivity contribution < 1.29 is 14.3 Å². The highest BCUT2D eigenvalue weighted by Gasteiger charge is 2.18. The minimum atomic E-state index is -0.432. The number of carbonyl (C=O) groups is 2. The fraction of sp³-hybridized carbons (Fsp3) is 0.407. The van der Waals surface area contributed by atoms with Gasteiger partial charge >= 0.3 is 12.0 Å². The number of anilines is 1. The number of esters is 1. The molecule has 0 spiro atoms. The van der Waals surface area contributed by atoms with E-state index < -0.39 is 5.97 Å². The molecule has 0 aliphatic carbocycles. The molecule has 1 heterocycles. The van der Waals surface area contributed by atoms with Gasteiger partial charge in [0.25, 0.3) is 0 Å². The van der Waals surface area contributed by atoms with Gasteiger partial charge in [-0.25, -0.2) is 9.59 Å². The van der Waals surface area contributed by atoms with Crippen molar-refractivity contribution in [3.8, 4) is 0 Å². The summed E-state index contributed by atoms with van der Waals surface area (Å²) in [6.07, 6.45) is 2.88. The molecule has 0 atom stereocenters. The van der Waals surface area contributed by atoms with Gasteiger partial charge in [-0.15, -0.1) is 0 Å². The number of amides is 2. The summed E-state index contributed by atoms with van der Waals surface area (Å²) in [5.41, 5.74) is 3.29. The first-order valence-corrected chi connectivity index (χ1v) is 11.9. The van der Waals surface area contributed by atoms with Crippen LogP contribution >= 0.6 is 0 Å². The summed E-state index contributed by atoms with van der Waals surface area (Å²) in [5, 5.41) is 6.30. The van der Waals surface area contributed by atoms with Crippen molar-refractivity contribution in [2.45, 2.75) is 19.3 Å². The number of nitrogens with zero attached hydrogens (tertiary/aromatic N) is 2. The molecule has 2 aromatic carbocycles. The summed E-state index contributed by atoms with van der Waals surface area (Å²) in [4.78, 5) is 29.2. The molecule has 0 unspecified atom stereocenters. The van der Waals surface area contributed by atoms with Gasteiger partial charge < -0.3 is 20.3 Å². The molecule has 2 N–H and O–H groups in total. The molecular formula is C27H36N4O3. The lowest BCUT2D eigenvalue weighted by Gasteiger charge is -2.30. The van der Waals surface area contributed by atoms with Crippen LogP contribution in [0, 0.1) is 0 Å². The van der Waals surface area contributed by atoms with Crippen LogP contribution in [0.15, 0.2) is 66.7 Å². The summed E-state index contributed by atoms with van der Waals surface area (Å²) < 4.78 is 4.79. The van der Waals surface area contributed by atoms with E-state index in [1.165, 1.54) is 12.7 Å². The standard InChI is InChI=1S/C27H36N4O3/c1-22(20-30-17-14-28-15-18-30)21-31(16-7-6-11-23-9-4-3-5-10-23)27(33)29-25-13-8-12-24(19-25)26(32)34-2/h3-5,8-10,12-13,19,28H,1,6-7,11,14-18,20-21H2,2H3,(H,29,33). The van der Waals surface area contributed by atoms with E-state index in [9.17, 15) is 9.59 Å². The molecule has 2 aromatic rings. The highest BCUT2D eigenvalue weighted by Crippen LogP contribution is 2.14. The molecule has 2 amide bonds. The van der Waals surface area contributed by atoms with E-state index >= 15 is 0 Å². The van der Waals surface area contributed by atoms with E-state index in [1.54, 1.807) is 24.3 Å². The second-order valence-electron chi connectivity index (χ2n) is 8.64. The summed E-state index contributed by atoms with van der Waals surface area (Å²) in [5.74, 6) is -0.432. The molecule has 34 heavy (non-hydrogen) atoms. The largest absolute Gasteiger partial charge is 0.465 e. The van der Waals surface area contributed by atoms with E-state index in [4.69, 9.17) is 4.74 Å². The Morgan fingerprint density at radius 1 is 1.09 bits per heavy atom. The van der Waals surface area contributed by atoms with Gasteiger partial charge in [0.1, 0.15) is 0 Å². The Morgan fingerprint density at radius 3 is 2.59 bits per heavy atom.